The molecule has 0 saturated heterocycles. The predicted molar refractivity (Wildman–Crippen MR) is 76.1 cm³/mol. The summed E-state index contributed by atoms with van der Waals surface area (Å²) < 4.78 is 0. The molecule has 108 valence electrons. The first-order valence-electron chi connectivity index (χ1n) is 6.60. The Kier molecular flexibility index (Phi) is 7.33. The van der Waals surface area contributed by atoms with E-state index in [-0.39, 0.29) is 19.1 Å². The molecule has 1 heterocycles. The van der Waals surface area contributed by atoms with Crippen LogP contribution in [0.2, 0.25) is 0 Å². The van der Waals surface area contributed by atoms with E-state index in [0.717, 1.165) is 19.3 Å². The molecule has 5 heteroatoms. The topological polar surface area (TPSA) is 73.7 Å². The zero-order chi connectivity index (χ0) is 14.8. The van der Waals surface area contributed by atoms with Crippen molar-refractivity contribution in [1.82, 2.24) is 9.88 Å². The molecule has 2 N–H and O–H groups in total. The van der Waals surface area contributed by atoms with Crippen molar-refractivity contribution in [2.75, 3.05) is 26.8 Å². The molecule has 0 saturated carbocycles. The van der Waals surface area contributed by atoms with Gasteiger partial charge in [0, 0.05) is 32.6 Å². The minimum atomic E-state index is -0.250. The minimum absolute atomic E-state index is 0.112. The Morgan fingerprint density at radius 3 is 2.85 bits per heavy atom. The van der Waals surface area contributed by atoms with Gasteiger partial charge in [0.05, 0.1) is 11.1 Å². The Hall–Kier alpha value is -1.90. The Labute approximate surface area is 119 Å². The van der Waals surface area contributed by atoms with Crippen LogP contribution in [0.4, 0.5) is 0 Å². The summed E-state index contributed by atoms with van der Waals surface area (Å²) >= 11 is 0. The van der Waals surface area contributed by atoms with Gasteiger partial charge in [0.15, 0.2) is 0 Å². The molecule has 0 fully saturated rings. The summed E-state index contributed by atoms with van der Waals surface area (Å²) in [7, 11) is 1.74. The summed E-state index contributed by atoms with van der Waals surface area (Å²) in [6.45, 7) is 0.566. The van der Waals surface area contributed by atoms with Crippen LogP contribution in [-0.4, -0.2) is 52.8 Å². The van der Waals surface area contributed by atoms with Crippen LogP contribution in [0.15, 0.2) is 18.5 Å². The van der Waals surface area contributed by atoms with Crippen molar-refractivity contribution in [3.8, 4) is 11.8 Å². The number of rotatable bonds is 6. The van der Waals surface area contributed by atoms with Gasteiger partial charge in [-0.3, -0.25) is 9.78 Å². The summed E-state index contributed by atoms with van der Waals surface area (Å²) in [5, 5.41) is 17.4. The quantitative estimate of drug-likeness (QED) is 0.591. The van der Waals surface area contributed by atoms with E-state index >= 15 is 0 Å². The average Bonchev–Trinajstić information content (AvgIpc) is 2.49. The molecule has 5 nitrogen and oxygen atoms in total. The standard InChI is InChI=1S/C15H20N2O3/c1-17(9-3-2-4-10-18)15(20)14-7-8-16-12-13(14)6-5-11-19/h7-8,12,18-19H,2-4,9-11H2,1H3. The fourth-order valence-electron chi connectivity index (χ4n) is 1.76. The van der Waals surface area contributed by atoms with E-state index in [2.05, 4.69) is 16.8 Å². The van der Waals surface area contributed by atoms with Crippen molar-refractivity contribution in [3.05, 3.63) is 29.6 Å². The number of unbranched alkanes of at least 4 members (excludes halogenated alkanes) is 2. The third kappa shape index (κ3) is 5.00. The molecule has 1 aromatic rings. The van der Waals surface area contributed by atoms with Crippen molar-refractivity contribution < 1.29 is 15.0 Å². The molecule has 0 aliphatic carbocycles. The van der Waals surface area contributed by atoms with Crippen molar-refractivity contribution in [2.45, 2.75) is 19.3 Å². The second-order valence-electron chi connectivity index (χ2n) is 4.39. The first kappa shape index (κ1) is 16.2. The van der Waals surface area contributed by atoms with Gasteiger partial charge < -0.3 is 15.1 Å². The lowest BCUT2D eigenvalue weighted by molar-refractivity contribution is 0.0791. The van der Waals surface area contributed by atoms with E-state index in [4.69, 9.17) is 10.2 Å². The lowest BCUT2D eigenvalue weighted by Gasteiger charge is -2.17. The van der Waals surface area contributed by atoms with Crippen molar-refractivity contribution in [2.24, 2.45) is 0 Å². The number of carbonyl (C=O) groups excluding carboxylic acids is 1. The normalized spacial score (nSPS) is 9.75. The summed E-state index contributed by atoms with van der Waals surface area (Å²) in [4.78, 5) is 17.9. The maximum atomic E-state index is 12.3. The SMILES string of the molecule is CN(CCCCCO)C(=O)c1ccncc1C#CCO. The van der Waals surface area contributed by atoms with Crippen molar-refractivity contribution in [1.29, 1.82) is 0 Å². The van der Waals surface area contributed by atoms with Crippen LogP contribution >= 0.6 is 0 Å². The number of nitrogens with zero attached hydrogens (tertiary/aromatic N) is 2. The maximum Gasteiger partial charge on any atom is 0.254 e. The Balaban J connectivity index is 2.71. The van der Waals surface area contributed by atoms with Gasteiger partial charge in [0.25, 0.3) is 5.91 Å². The van der Waals surface area contributed by atoms with Gasteiger partial charge in [-0.05, 0) is 25.3 Å². The molecule has 0 atom stereocenters. The van der Waals surface area contributed by atoms with Crippen LogP contribution in [0.25, 0.3) is 0 Å². The summed E-state index contributed by atoms with van der Waals surface area (Å²) in [6, 6.07) is 1.63. The summed E-state index contributed by atoms with van der Waals surface area (Å²) in [6.07, 6.45) is 5.57. The van der Waals surface area contributed by atoms with Crippen LogP contribution in [0.5, 0.6) is 0 Å². The Bertz CT molecular complexity index is 491. The second kappa shape index (κ2) is 9.08. The number of aromatic nitrogens is 1. The highest BCUT2D eigenvalue weighted by atomic mass is 16.3. The summed E-state index contributed by atoms with van der Waals surface area (Å²) in [5.74, 6) is 5.15. The van der Waals surface area contributed by atoms with Gasteiger partial charge in [-0.25, -0.2) is 0 Å². The molecular weight excluding hydrogens is 256 g/mol. The van der Waals surface area contributed by atoms with E-state index in [9.17, 15) is 4.79 Å². The lowest BCUT2D eigenvalue weighted by Crippen LogP contribution is -2.28. The van der Waals surface area contributed by atoms with E-state index in [1.54, 1.807) is 24.2 Å². The number of amides is 1. The molecule has 0 unspecified atom stereocenters. The average molecular weight is 276 g/mol. The van der Waals surface area contributed by atoms with Gasteiger partial charge in [0.2, 0.25) is 0 Å². The monoisotopic (exact) mass is 276 g/mol. The maximum absolute atomic E-state index is 12.3. The third-order valence-corrected chi connectivity index (χ3v) is 2.85. The number of hydrogen-bond donors (Lipinski definition) is 2. The number of aliphatic hydroxyl groups is 2. The second-order valence-corrected chi connectivity index (χ2v) is 4.39. The van der Waals surface area contributed by atoms with Gasteiger partial charge in [-0.2, -0.15) is 0 Å². The lowest BCUT2D eigenvalue weighted by atomic mass is 10.1. The number of aliphatic hydroxyl groups excluding tert-OH is 2. The largest absolute Gasteiger partial charge is 0.396 e. The fourth-order valence-corrected chi connectivity index (χ4v) is 1.76. The van der Waals surface area contributed by atoms with Crippen LogP contribution in [0.1, 0.15) is 35.2 Å². The van der Waals surface area contributed by atoms with E-state index in [1.807, 2.05) is 0 Å². The fraction of sp³-hybridized carbons (Fsp3) is 0.467. The smallest absolute Gasteiger partial charge is 0.254 e. The Morgan fingerprint density at radius 1 is 1.35 bits per heavy atom. The van der Waals surface area contributed by atoms with Gasteiger partial charge in [-0.1, -0.05) is 11.8 Å². The zero-order valence-electron chi connectivity index (χ0n) is 11.7. The highest BCUT2D eigenvalue weighted by Gasteiger charge is 2.14. The highest BCUT2D eigenvalue weighted by molar-refractivity contribution is 5.96. The van der Waals surface area contributed by atoms with Crippen LogP contribution in [-0.2, 0) is 0 Å². The molecule has 0 radical (unpaired) electrons. The van der Waals surface area contributed by atoms with Crippen LogP contribution < -0.4 is 0 Å². The number of hydrogen-bond acceptors (Lipinski definition) is 4. The molecule has 20 heavy (non-hydrogen) atoms. The Morgan fingerprint density at radius 2 is 2.15 bits per heavy atom. The zero-order valence-corrected chi connectivity index (χ0v) is 11.7. The molecule has 0 spiro atoms. The minimum Gasteiger partial charge on any atom is -0.396 e. The molecule has 1 aromatic heterocycles. The summed E-state index contributed by atoms with van der Waals surface area (Å²) in [5.41, 5.74) is 1.01. The third-order valence-electron chi connectivity index (χ3n) is 2.85. The van der Waals surface area contributed by atoms with Crippen molar-refractivity contribution >= 4 is 5.91 Å². The van der Waals surface area contributed by atoms with Gasteiger partial charge in [0.1, 0.15) is 6.61 Å². The predicted octanol–water partition coefficient (Wildman–Crippen LogP) is 0.660. The van der Waals surface area contributed by atoms with Gasteiger partial charge >= 0.3 is 0 Å². The highest BCUT2D eigenvalue weighted by Crippen LogP contribution is 2.09. The van der Waals surface area contributed by atoms with Crippen molar-refractivity contribution in [3.63, 3.8) is 0 Å². The molecule has 0 aliphatic heterocycles. The molecule has 1 amide bonds. The molecule has 0 aromatic carbocycles. The molecule has 0 aliphatic rings. The van der Waals surface area contributed by atoms with E-state index in [0.29, 0.717) is 17.7 Å². The molecule has 1 rings (SSSR count). The van der Waals surface area contributed by atoms with Crippen LogP contribution in [0.3, 0.4) is 0 Å². The molecule has 0 bridgehead atoms. The molecular formula is C15H20N2O3. The van der Waals surface area contributed by atoms with Gasteiger partial charge in [-0.15, -0.1) is 0 Å². The van der Waals surface area contributed by atoms with E-state index in [1.165, 1.54) is 6.20 Å². The van der Waals surface area contributed by atoms with Crippen LogP contribution in [0, 0.1) is 11.8 Å². The number of carbonyl (C=O) groups is 1. The van der Waals surface area contributed by atoms with E-state index < -0.39 is 0 Å². The first-order valence-corrected chi connectivity index (χ1v) is 6.60. The number of pyridine rings is 1. The first-order chi connectivity index (χ1) is 9.70.